The number of carbonyl (C=O) groups is 1. The van der Waals surface area contributed by atoms with E-state index in [1.165, 1.54) is 24.3 Å². The Bertz CT molecular complexity index is 1090. The Morgan fingerprint density at radius 3 is 2.27 bits per heavy atom. The van der Waals surface area contributed by atoms with E-state index in [-0.39, 0.29) is 28.0 Å². The molecule has 1 heterocycles. The molecule has 0 aliphatic rings. The van der Waals surface area contributed by atoms with Gasteiger partial charge in [0.1, 0.15) is 6.29 Å². The van der Waals surface area contributed by atoms with E-state index in [0.29, 0.717) is 10.0 Å². The topological polar surface area (TPSA) is 76.4 Å². The fraction of sp³-hybridized carbons (Fsp3) is 0.118. The number of aromatic nitrogens is 1. The molecular weight excluding hydrogens is 371 g/mol. The summed E-state index contributed by atoms with van der Waals surface area (Å²) < 4.78 is 66.6. The second-order valence-electron chi connectivity index (χ2n) is 5.49. The molecule has 1 N–H and O–H groups in total. The van der Waals surface area contributed by atoms with Crippen molar-refractivity contribution in [3.05, 3.63) is 65.4 Å². The predicted octanol–water partition coefficient (Wildman–Crippen LogP) is 3.20. The fourth-order valence-electron chi connectivity index (χ4n) is 2.75. The smallest absolute Gasteiger partial charge is 0.390 e. The number of hydrogen-bond donors (Lipinski definition) is 1. The molecule has 136 valence electrons. The standard InChI is InChI=1S/C17H12F3NO4S/c18-17(19,20)15-6-11(9-22)7-16-14(15)8-12(10-23)21(16)26(24,25)13-4-2-1-3-5-13/h1-9,23H,10H2. The van der Waals surface area contributed by atoms with E-state index in [2.05, 4.69) is 0 Å². The van der Waals surface area contributed by atoms with Crippen molar-refractivity contribution in [3.63, 3.8) is 0 Å². The first kappa shape index (κ1) is 18.2. The summed E-state index contributed by atoms with van der Waals surface area (Å²) in [5.41, 5.74) is -2.03. The van der Waals surface area contributed by atoms with E-state index in [0.717, 1.165) is 12.1 Å². The van der Waals surface area contributed by atoms with E-state index in [9.17, 15) is 31.5 Å². The average Bonchev–Trinajstić information content (AvgIpc) is 2.99. The molecule has 0 aliphatic heterocycles. The lowest BCUT2D eigenvalue weighted by Gasteiger charge is -2.13. The molecule has 0 saturated carbocycles. The first-order valence-corrected chi connectivity index (χ1v) is 8.76. The molecule has 0 unspecified atom stereocenters. The molecule has 0 atom stereocenters. The van der Waals surface area contributed by atoms with Crippen LogP contribution in [0.2, 0.25) is 0 Å². The average molecular weight is 383 g/mol. The lowest BCUT2D eigenvalue weighted by atomic mass is 10.1. The summed E-state index contributed by atoms with van der Waals surface area (Å²) in [6, 6.07) is 9.77. The van der Waals surface area contributed by atoms with E-state index in [1.54, 1.807) is 6.07 Å². The zero-order valence-corrected chi connectivity index (χ0v) is 13.9. The number of aldehydes is 1. The molecule has 26 heavy (non-hydrogen) atoms. The van der Waals surface area contributed by atoms with Crippen LogP contribution in [0.3, 0.4) is 0 Å². The zero-order valence-electron chi connectivity index (χ0n) is 13.1. The largest absolute Gasteiger partial charge is 0.417 e. The van der Waals surface area contributed by atoms with Crippen LogP contribution in [0.5, 0.6) is 0 Å². The number of aliphatic hydroxyl groups excluding tert-OH is 1. The van der Waals surface area contributed by atoms with Gasteiger partial charge < -0.3 is 5.11 Å². The first-order chi connectivity index (χ1) is 12.2. The third-order valence-corrected chi connectivity index (χ3v) is 5.64. The molecule has 0 saturated heterocycles. The molecule has 5 nitrogen and oxygen atoms in total. The van der Waals surface area contributed by atoms with Crippen LogP contribution in [0, 0.1) is 0 Å². The van der Waals surface area contributed by atoms with E-state index in [1.807, 2.05) is 0 Å². The quantitative estimate of drug-likeness (QED) is 0.702. The molecule has 0 fully saturated rings. The number of benzene rings is 2. The van der Waals surface area contributed by atoms with Crippen LogP contribution in [0.15, 0.2) is 53.4 Å². The molecular formula is C17H12F3NO4S. The normalized spacial score (nSPS) is 12.5. The van der Waals surface area contributed by atoms with Crippen LogP contribution in [0.25, 0.3) is 10.9 Å². The SMILES string of the molecule is O=Cc1cc(C(F)(F)F)c2cc(CO)n(S(=O)(=O)c3ccccc3)c2c1. The Morgan fingerprint density at radius 1 is 1.08 bits per heavy atom. The Balaban J connectivity index is 2.45. The number of aliphatic hydroxyl groups is 1. The Kier molecular flexibility index (Phi) is 4.37. The summed E-state index contributed by atoms with van der Waals surface area (Å²) in [4.78, 5) is 10.9. The summed E-state index contributed by atoms with van der Waals surface area (Å²) in [6.07, 6.45) is -4.59. The summed E-state index contributed by atoms with van der Waals surface area (Å²) in [7, 11) is -4.28. The van der Waals surface area contributed by atoms with Gasteiger partial charge in [-0.25, -0.2) is 12.4 Å². The van der Waals surface area contributed by atoms with Crippen molar-refractivity contribution in [2.45, 2.75) is 17.7 Å². The molecule has 2 aromatic carbocycles. The van der Waals surface area contributed by atoms with E-state index >= 15 is 0 Å². The maximum atomic E-state index is 13.4. The molecule has 3 rings (SSSR count). The molecule has 1 aromatic heterocycles. The van der Waals surface area contributed by atoms with Crippen LogP contribution in [-0.4, -0.2) is 23.8 Å². The lowest BCUT2D eigenvalue weighted by molar-refractivity contribution is -0.136. The number of hydrogen-bond acceptors (Lipinski definition) is 4. The third kappa shape index (κ3) is 2.89. The van der Waals surface area contributed by atoms with Crippen molar-refractivity contribution < 1.29 is 31.5 Å². The van der Waals surface area contributed by atoms with Gasteiger partial charge in [0.05, 0.1) is 28.3 Å². The van der Waals surface area contributed by atoms with Crippen molar-refractivity contribution in [1.82, 2.24) is 3.97 Å². The Morgan fingerprint density at radius 2 is 1.73 bits per heavy atom. The summed E-state index contributed by atoms with van der Waals surface area (Å²) in [5.74, 6) is 0. The van der Waals surface area contributed by atoms with Crippen molar-refractivity contribution >= 4 is 27.2 Å². The van der Waals surface area contributed by atoms with Crippen molar-refractivity contribution in [2.75, 3.05) is 0 Å². The van der Waals surface area contributed by atoms with Gasteiger partial charge in [0.25, 0.3) is 10.0 Å². The van der Waals surface area contributed by atoms with Gasteiger partial charge >= 0.3 is 6.18 Å². The van der Waals surface area contributed by atoms with Crippen LogP contribution in [0.4, 0.5) is 13.2 Å². The Hall–Kier alpha value is -2.65. The second-order valence-corrected chi connectivity index (χ2v) is 7.28. The summed E-state index contributed by atoms with van der Waals surface area (Å²) in [6.45, 7) is -0.797. The van der Waals surface area contributed by atoms with Gasteiger partial charge in [-0.2, -0.15) is 13.2 Å². The van der Waals surface area contributed by atoms with Crippen LogP contribution in [0.1, 0.15) is 21.6 Å². The minimum atomic E-state index is -4.80. The number of nitrogens with zero attached hydrogens (tertiary/aromatic N) is 1. The number of fused-ring (bicyclic) bond motifs is 1. The summed E-state index contributed by atoms with van der Waals surface area (Å²) >= 11 is 0. The van der Waals surface area contributed by atoms with E-state index < -0.39 is 33.8 Å². The number of rotatable bonds is 4. The first-order valence-electron chi connectivity index (χ1n) is 7.32. The lowest BCUT2D eigenvalue weighted by Crippen LogP contribution is -2.16. The van der Waals surface area contributed by atoms with Crippen LogP contribution in [-0.2, 0) is 22.8 Å². The number of carbonyl (C=O) groups excluding carboxylic acids is 1. The minimum Gasteiger partial charge on any atom is -0.390 e. The van der Waals surface area contributed by atoms with Gasteiger partial charge in [-0.15, -0.1) is 0 Å². The highest BCUT2D eigenvalue weighted by atomic mass is 32.2. The molecule has 0 bridgehead atoms. The highest BCUT2D eigenvalue weighted by molar-refractivity contribution is 7.90. The molecule has 0 radical (unpaired) electrons. The molecule has 3 aromatic rings. The third-order valence-electron chi connectivity index (χ3n) is 3.86. The number of halogens is 3. The molecule has 9 heteroatoms. The van der Waals surface area contributed by atoms with Crippen molar-refractivity contribution in [3.8, 4) is 0 Å². The zero-order chi connectivity index (χ0) is 19.1. The van der Waals surface area contributed by atoms with E-state index in [4.69, 9.17) is 0 Å². The fourth-order valence-corrected chi connectivity index (χ4v) is 4.29. The molecule has 0 amide bonds. The Labute approximate surface area is 146 Å². The molecule has 0 aliphatic carbocycles. The maximum absolute atomic E-state index is 13.4. The number of alkyl halides is 3. The van der Waals surface area contributed by atoms with Gasteiger partial charge in [-0.1, -0.05) is 18.2 Å². The van der Waals surface area contributed by atoms with Crippen molar-refractivity contribution in [1.29, 1.82) is 0 Å². The highest BCUT2D eigenvalue weighted by Crippen LogP contribution is 2.38. The minimum absolute atomic E-state index is 0.155. The second kappa shape index (κ2) is 6.26. The van der Waals surface area contributed by atoms with Crippen LogP contribution >= 0.6 is 0 Å². The van der Waals surface area contributed by atoms with Gasteiger partial charge in [-0.3, -0.25) is 4.79 Å². The monoisotopic (exact) mass is 383 g/mol. The van der Waals surface area contributed by atoms with Gasteiger partial charge in [0.15, 0.2) is 0 Å². The summed E-state index contributed by atoms with van der Waals surface area (Å²) in [5, 5.41) is 9.10. The van der Waals surface area contributed by atoms with Gasteiger partial charge in [-0.05, 0) is 30.3 Å². The maximum Gasteiger partial charge on any atom is 0.417 e. The molecule has 0 spiro atoms. The van der Waals surface area contributed by atoms with Crippen LogP contribution < -0.4 is 0 Å². The predicted molar refractivity (Wildman–Crippen MR) is 87.3 cm³/mol. The van der Waals surface area contributed by atoms with Gasteiger partial charge in [0.2, 0.25) is 0 Å². The van der Waals surface area contributed by atoms with Gasteiger partial charge in [0, 0.05) is 10.9 Å². The highest BCUT2D eigenvalue weighted by Gasteiger charge is 2.35. The van der Waals surface area contributed by atoms with Crippen molar-refractivity contribution in [2.24, 2.45) is 0 Å².